The van der Waals surface area contributed by atoms with Crippen LogP contribution in [0.5, 0.6) is 0 Å². The van der Waals surface area contributed by atoms with Gasteiger partial charge in [-0.05, 0) is 59.0 Å². The monoisotopic (exact) mass is 473 g/mol. The van der Waals surface area contributed by atoms with Gasteiger partial charge >= 0.3 is 0 Å². The molecule has 0 saturated carbocycles. The molecule has 0 unspecified atom stereocenters. The van der Waals surface area contributed by atoms with E-state index in [1.807, 2.05) is 24.3 Å². The molecule has 3 heteroatoms. The molecule has 0 amide bonds. The molecule has 2 heterocycles. The maximum atomic E-state index is 5.27. The topological polar surface area (TPSA) is 30.7 Å². The highest BCUT2D eigenvalue weighted by Crippen LogP contribution is 2.42. The standard InChI is InChI=1S/C34H23N3/c1-2-12-24(13-3-1)33-34(36-28-17-9-8-16-27(28)35-33)37-29-20-18-22-10-4-6-14-25(22)31(29)32-26-15-7-5-11-23(26)19-21-30(32)37/h1-4,6-10,12-21H,5,11H2. The Morgan fingerprint density at radius 2 is 1.35 bits per heavy atom. The first-order valence-electron chi connectivity index (χ1n) is 12.8. The van der Waals surface area contributed by atoms with Crippen molar-refractivity contribution in [3.05, 3.63) is 120 Å². The van der Waals surface area contributed by atoms with Gasteiger partial charge in [-0.25, -0.2) is 9.97 Å². The summed E-state index contributed by atoms with van der Waals surface area (Å²) in [7, 11) is 0. The molecule has 0 N–H and O–H groups in total. The maximum absolute atomic E-state index is 5.27. The van der Waals surface area contributed by atoms with Crippen molar-refractivity contribution in [2.24, 2.45) is 0 Å². The zero-order valence-corrected chi connectivity index (χ0v) is 20.2. The Morgan fingerprint density at radius 3 is 2.24 bits per heavy atom. The Bertz CT molecular complexity index is 2030. The molecule has 3 nitrogen and oxygen atoms in total. The number of aromatic nitrogens is 3. The molecule has 0 radical (unpaired) electrons. The first kappa shape index (κ1) is 20.4. The molecule has 1 aliphatic rings. The molecule has 1 aliphatic carbocycles. The van der Waals surface area contributed by atoms with E-state index in [2.05, 4.69) is 95.6 Å². The van der Waals surface area contributed by atoms with Crippen LogP contribution in [-0.2, 0) is 6.42 Å². The van der Waals surface area contributed by atoms with Crippen molar-refractivity contribution in [1.29, 1.82) is 0 Å². The number of fused-ring (bicyclic) bond motifs is 8. The summed E-state index contributed by atoms with van der Waals surface area (Å²) in [5.74, 6) is 0.861. The molecule has 174 valence electrons. The van der Waals surface area contributed by atoms with E-state index in [1.165, 1.54) is 38.2 Å². The molecule has 0 aliphatic heterocycles. The number of rotatable bonds is 2. The van der Waals surface area contributed by atoms with Crippen molar-refractivity contribution in [1.82, 2.24) is 14.5 Å². The highest BCUT2D eigenvalue weighted by atomic mass is 15.1. The Hall–Kier alpha value is -4.76. The average Bonchev–Trinajstić information content (AvgIpc) is 3.32. The smallest absolute Gasteiger partial charge is 0.165 e. The fourth-order valence-electron chi connectivity index (χ4n) is 5.95. The zero-order valence-electron chi connectivity index (χ0n) is 20.2. The number of para-hydroxylation sites is 2. The van der Waals surface area contributed by atoms with Gasteiger partial charge in [0, 0.05) is 16.3 Å². The molecule has 5 aromatic carbocycles. The van der Waals surface area contributed by atoms with E-state index in [0.29, 0.717) is 0 Å². The fourth-order valence-corrected chi connectivity index (χ4v) is 5.95. The molecule has 0 saturated heterocycles. The van der Waals surface area contributed by atoms with Crippen LogP contribution in [0.4, 0.5) is 0 Å². The highest BCUT2D eigenvalue weighted by molar-refractivity contribution is 6.23. The van der Waals surface area contributed by atoms with Crippen LogP contribution in [0, 0.1) is 0 Å². The third kappa shape index (κ3) is 3.01. The molecular formula is C34H23N3. The van der Waals surface area contributed by atoms with Crippen LogP contribution in [0.3, 0.4) is 0 Å². The van der Waals surface area contributed by atoms with E-state index in [4.69, 9.17) is 9.97 Å². The number of allylic oxidation sites excluding steroid dienone is 1. The number of hydrogen-bond acceptors (Lipinski definition) is 2. The normalized spacial score (nSPS) is 13.1. The molecular weight excluding hydrogens is 450 g/mol. The molecule has 8 rings (SSSR count). The van der Waals surface area contributed by atoms with Crippen molar-refractivity contribution in [3.8, 4) is 17.1 Å². The van der Waals surface area contributed by atoms with Crippen LogP contribution < -0.4 is 0 Å². The van der Waals surface area contributed by atoms with Crippen molar-refractivity contribution in [3.63, 3.8) is 0 Å². The summed E-state index contributed by atoms with van der Waals surface area (Å²) in [6, 6.07) is 36.3. The fraction of sp³-hybridized carbons (Fsp3) is 0.0588. The van der Waals surface area contributed by atoms with E-state index in [0.717, 1.165) is 46.5 Å². The second-order valence-electron chi connectivity index (χ2n) is 9.74. The minimum Gasteiger partial charge on any atom is -0.292 e. The van der Waals surface area contributed by atoms with Gasteiger partial charge < -0.3 is 0 Å². The predicted octanol–water partition coefficient (Wildman–Crippen LogP) is 8.51. The molecule has 7 aromatic rings. The average molecular weight is 474 g/mol. The van der Waals surface area contributed by atoms with E-state index in [1.54, 1.807) is 0 Å². The summed E-state index contributed by atoms with van der Waals surface area (Å²) in [5, 5.41) is 5.10. The predicted molar refractivity (Wildman–Crippen MR) is 154 cm³/mol. The van der Waals surface area contributed by atoms with Crippen LogP contribution >= 0.6 is 0 Å². The third-order valence-electron chi connectivity index (χ3n) is 7.63. The number of aryl methyl sites for hydroxylation is 1. The summed E-state index contributed by atoms with van der Waals surface area (Å²) in [6.45, 7) is 0. The summed E-state index contributed by atoms with van der Waals surface area (Å²) in [6.07, 6.45) is 6.79. The lowest BCUT2D eigenvalue weighted by atomic mass is 9.92. The lowest BCUT2D eigenvalue weighted by Crippen LogP contribution is -2.04. The van der Waals surface area contributed by atoms with Gasteiger partial charge in [-0.2, -0.15) is 0 Å². The largest absolute Gasteiger partial charge is 0.292 e. The van der Waals surface area contributed by atoms with Crippen molar-refractivity contribution in [2.75, 3.05) is 0 Å². The molecule has 0 fully saturated rings. The van der Waals surface area contributed by atoms with Crippen LogP contribution in [0.25, 0.3) is 66.8 Å². The van der Waals surface area contributed by atoms with E-state index < -0.39 is 0 Å². The first-order valence-corrected chi connectivity index (χ1v) is 12.8. The van der Waals surface area contributed by atoms with Gasteiger partial charge in [0.05, 0.1) is 22.1 Å². The summed E-state index contributed by atoms with van der Waals surface area (Å²) in [4.78, 5) is 10.4. The Kier molecular flexibility index (Phi) is 4.35. The van der Waals surface area contributed by atoms with Crippen molar-refractivity contribution in [2.45, 2.75) is 12.8 Å². The second-order valence-corrected chi connectivity index (χ2v) is 9.74. The quantitative estimate of drug-likeness (QED) is 0.252. The van der Waals surface area contributed by atoms with Gasteiger partial charge in [0.25, 0.3) is 0 Å². The number of benzene rings is 5. The zero-order chi connectivity index (χ0) is 24.3. The van der Waals surface area contributed by atoms with Crippen LogP contribution in [-0.4, -0.2) is 14.5 Å². The molecule has 0 bridgehead atoms. The number of nitrogens with zero attached hydrogens (tertiary/aromatic N) is 3. The lowest BCUT2D eigenvalue weighted by molar-refractivity contribution is 0.989. The third-order valence-corrected chi connectivity index (χ3v) is 7.63. The van der Waals surface area contributed by atoms with Gasteiger partial charge in [0.2, 0.25) is 0 Å². The minimum atomic E-state index is 0.861. The first-order chi connectivity index (χ1) is 18.4. The van der Waals surface area contributed by atoms with E-state index >= 15 is 0 Å². The Labute approximate surface area is 214 Å². The molecule has 2 aromatic heterocycles. The van der Waals surface area contributed by atoms with Crippen LogP contribution in [0.1, 0.15) is 17.5 Å². The lowest BCUT2D eigenvalue weighted by Gasteiger charge is -2.15. The van der Waals surface area contributed by atoms with Crippen molar-refractivity contribution >= 4 is 49.7 Å². The van der Waals surface area contributed by atoms with Gasteiger partial charge in [0.1, 0.15) is 5.69 Å². The Morgan fingerprint density at radius 1 is 0.622 bits per heavy atom. The van der Waals surface area contributed by atoms with Crippen LogP contribution in [0.2, 0.25) is 0 Å². The van der Waals surface area contributed by atoms with Gasteiger partial charge in [-0.1, -0.05) is 91.0 Å². The van der Waals surface area contributed by atoms with Crippen LogP contribution in [0.15, 0.2) is 109 Å². The van der Waals surface area contributed by atoms with Crippen molar-refractivity contribution < 1.29 is 0 Å². The molecule has 0 spiro atoms. The van der Waals surface area contributed by atoms with E-state index in [-0.39, 0.29) is 0 Å². The van der Waals surface area contributed by atoms with Gasteiger partial charge in [-0.15, -0.1) is 0 Å². The second kappa shape index (κ2) is 7.87. The number of hydrogen-bond donors (Lipinski definition) is 0. The van der Waals surface area contributed by atoms with Gasteiger partial charge in [-0.3, -0.25) is 4.57 Å². The highest BCUT2D eigenvalue weighted by Gasteiger charge is 2.23. The minimum absolute atomic E-state index is 0.861. The summed E-state index contributed by atoms with van der Waals surface area (Å²) < 4.78 is 2.33. The Balaban J connectivity index is 1.60. The van der Waals surface area contributed by atoms with E-state index in [9.17, 15) is 0 Å². The maximum Gasteiger partial charge on any atom is 0.165 e. The molecule has 0 atom stereocenters. The summed E-state index contributed by atoms with van der Waals surface area (Å²) in [5.41, 5.74) is 8.81. The SMILES string of the molecule is C1=Cc2c(ccc3c2c2c4ccccc4ccc2n3-c2nc3ccccc3nc2-c2ccccc2)CC1. The molecule has 37 heavy (non-hydrogen) atoms. The van der Waals surface area contributed by atoms with Gasteiger partial charge in [0.15, 0.2) is 5.82 Å². The summed E-state index contributed by atoms with van der Waals surface area (Å²) >= 11 is 0.